The van der Waals surface area contributed by atoms with Crippen LogP contribution in [0.25, 0.3) is 0 Å². The highest BCUT2D eigenvalue weighted by Gasteiger charge is 2.15. The van der Waals surface area contributed by atoms with Crippen LogP contribution in [0.5, 0.6) is 0 Å². The van der Waals surface area contributed by atoms with E-state index in [0.29, 0.717) is 10.8 Å². The molecule has 82 valence electrons. The van der Waals surface area contributed by atoms with Crippen molar-refractivity contribution in [2.75, 3.05) is 11.9 Å². The number of H-pyrrole nitrogens is 1. The lowest BCUT2D eigenvalue weighted by Crippen LogP contribution is -2.27. The Morgan fingerprint density at radius 3 is 3.00 bits per heavy atom. The summed E-state index contributed by atoms with van der Waals surface area (Å²) < 4.78 is 0.568. The highest BCUT2D eigenvalue weighted by atomic mass is 32.1. The molecule has 0 saturated heterocycles. The first kappa shape index (κ1) is 10.6. The third kappa shape index (κ3) is 2.35. The standard InChI is InChI=1S/C10H16N4S/c1-6(2)12-9-7-5-11-4-3-8(7)13-10(15)14-9/h6,11H,3-5H2,1-2H3,(H2,12,13,14,15). The number of nitrogens with one attached hydrogen (secondary N) is 3. The molecule has 1 aromatic heterocycles. The summed E-state index contributed by atoms with van der Waals surface area (Å²) in [7, 11) is 0. The molecule has 1 aliphatic rings. The topological polar surface area (TPSA) is 52.7 Å². The number of anilines is 1. The van der Waals surface area contributed by atoms with Gasteiger partial charge in [-0.25, -0.2) is 4.98 Å². The Labute approximate surface area is 94.5 Å². The van der Waals surface area contributed by atoms with Gasteiger partial charge in [0.15, 0.2) is 4.77 Å². The molecule has 15 heavy (non-hydrogen) atoms. The van der Waals surface area contributed by atoms with Gasteiger partial charge in [0, 0.05) is 36.8 Å². The van der Waals surface area contributed by atoms with Crippen LogP contribution in [0.1, 0.15) is 25.1 Å². The number of rotatable bonds is 2. The van der Waals surface area contributed by atoms with Crippen molar-refractivity contribution in [1.82, 2.24) is 15.3 Å². The summed E-state index contributed by atoms with van der Waals surface area (Å²) in [5.74, 6) is 0.927. The molecule has 0 atom stereocenters. The average molecular weight is 224 g/mol. The number of fused-ring (bicyclic) bond motifs is 1. The van der Waals surface area contributed by atoms with E-state index in [0.717, 1.165) is 25.3 Å². The average Bonchev–Trinajstić information content (AvgIpc) is 2.16. The maximum Gasteiger partial charge on any atom is 0.198 e. The molecule has 0 aliphatic carbocycles. The second-order valence-corrected chi connectivity index (χ2v) is 4.46. The Balaban J connectivity index is 2.43. The van der Waals surface area contributed by atoms with Crippen molar-refractivity contribution in [3.63, 3.8) is 0 Å². The van der Waals surface area contributed by atoms with Gasteiger partial charge in [-0.2, -0.15) is 0 Å². The molecule has 0 aromatic carbocycles. The van der Waals surface area contributed by atoms with E-state index in [1.807, 2.05) is 0 Å². The van der Waals surface area contributed by atoms with Crippen molar-refractivity contribution in [3.8, 4) is 0 Å². The Kier molecular flexibility index (Phi) is 3.02. The van der Waals surface area contributed by atoms with Gasteiger partial charge in [0.05, 0.1) is 0 Å². The predicted molar refractivity (Wildman–Crippen MR) is 63.6 cm³/mol. The largest absolute Gasteiger partial charge is 0.367 e. The number of aromatic nitrogens is 2. The van der Waals surface area contributed by atoms with Crippen LogP contribution < -0.4 is 10.6 Å². The summed E-state index contributed by atoms with van der Waals surface area (Å²) in [5, 5.41) is 6.68. The molecule has 1 aromatic rings. The van der Waals surface area contributed by atoms with Crippen LogP contribution in [0, 0.1) is 4.77 Å². The highest BCUT2D eigenvalue weighted by molar-refractivity contribution is 7.71. The maximum absolute atomic E-state index is 5.11. The van der Waals surface area contributed by atoms with Crippen molar-refractivity contribution in [3.05, 3.63) is 16.0 Å². The molecule has 1 aliphatic heterocycles. The first-order chi connectivity index (χ1) is 7.16. The fraction of sp³-hybridized carbons (Fsp3) is 0.600. The zero-order valence-electron chi connectivity index (χ0n) is 9.05. The van der Waals surface area contributed by atoms with Crippen molar-refractivity contribution in [1.29, 1.82) is 0 Å². The van der Waals surface area contributed by atoms with Gasteiger partial charge in [0.25, 0.3) is 0 Å². The van der Waals surface area contributed by atoms with Crippen LogP contribution in [-0.2, 0) is 13.0 Å². The predicted octanol–water partition coefficient (Wildman–Crippen LogP) is 1.61. The lowest BCUT2D eigenvalue weighted by molar-refractivity contribution is 0.624. The molecular weight excluding hydrogens is 208 g/mol. The van der Waals surface area contributed by atoms with Gasteiger partial charge in [-0.3, -0.25) is 0 Å². The highest BCUT2D eigenvalue weighted by Crippen LogP contribution is 2.19. The van der Waals surface area contributed by atoms with E-state index < -0.39 is 0 Å². The van der Waals surface area contributed by atoms with Gasteiger partial charge in [0.2, 0.25) is 0 Å². The smallest absolute Gasteiger partial charge is 0.198 e. The Bertz CT molecular complexity index is 410. The molecule has 4 nitrogen and oxygen atoms in total. The molecule has 5 heteroatoms. The Morgan fingerprint density at radius 1 is 1.47 bits per heavy atom. The van der Waals surface area contributed by atoms with E-state index in [1.54, 1.807) is 0 Å². The zero-order chi connectivity index (χ0) is 10.8. The van der Waals surface area contributed by atoms with Gasteiger partial charge in [0.1, 0.15) is 5.82 Å². The molecule has 0 saturated carbocycles. The maximum atomic E-state index is 5.11. The quantitative estimate of drug-likeness (QED) is 0.668. The second kappa shape index (κ2) is 4.28. The molecule has 0 unspecified atom stereocenters. The lowest BCUT2D eigenvalue weighted by Gasteiger charge is -2.21. The van der Waals surface area contributed by atoms with Crippen LogP contribution in [0.4, 0.5) is 5.82 Å². The minimum atomic E-state index is 0.375. The summed E-state index contributed by atoms with van der Waals surface area (Å²) >= 11 is 5.11. The van der Waals surface area contributed by atoms with Gasteiger partial charge in [-0.05, 0) is 26.1 Å². The minimum Gasteiger partial charge on any atom is -0.367 e. The fourth-order valence-corrected chi connectivity index (χ4v) is 1.98. The van der Waals surface area contributed by atoms with E-state index in [-0.39, 0.29) is 0 Å². The van der Waals surface area contributed by atoms with E-state index >= 15 is 0 Å². The van der Waals surface area contributed by atoms with Crippen molar-refractivity contribution < 1.29 is 0 Å². The zero-order valence-corrected chi connectivity index (χ0v) is 9.87. The SMILES string of the molecule is CC(C)Nc1nc(=S)[nH]c2c1CNCC2. The molecule has 2 rings (SSSR count). The summed E-state index contributed by atoms with van der Waals surface area (Å²) in [5.41, 5.74) is 2.44. The first-order valence-electron chi connectivity index (χ1n) is 5.26. The molecule has 3 N–H and O–H groups in total. The Morgan fingerprint density at radius 2 is 2.27 bits per heavy atom. The summed E-state index contributed by atoms with van der Waals surface area (Å²) in [6.07, 6.45) is 0.994. The third-order valence-corrected chi connectivity index (χ3v) is 2.59. The minimum absolute atomic E-state index is 0.375. The molecule has 0 fully saturated rings. The fourth-order valence-electron chi connectivity index (χ4n) is 1.77. The second-order valence-electron chi connectivity index (χ2n) is 4.07. The van der Waals surface area contributed by atoms with Crippen LogP contribution in [0.15, 0.2) is 0 Å². The number of nitrogens with zero attached hydrogens (tertiary/aromatic N) is 1. The lowest BCUT2D eigenvalue weighted by atomic mass is 10.1. The monoisotopic (exact) mass is 224 g/mol. The van der Waals surface area contributed by atoms with Gasteiger partial charge >= 0.3 is 0 Å². The molecule has 2 heterocycles. The van der Waals surface area contributed by atoms with Crippen molar-refractivity contribution in [2.24, 2.45) is 0 Å². The molecule has 0 spiro atoms. The van der Waals surface area contributed by atoms with Crippen LogP contribution in [0.2, 0.25) is 0 Å². The van der Waals surface area contributed by atoms with Gasteiger partial charge in [-0.1, -0.05) is 0 Å². The van der Waals surface area contributed by atoms with Crippen molar-refractivity contribution in [2.45, 2.75) is 32.9 Å². The van der Waals surface area contributed by atoms with Crippen LogP contribution in [0.3, 0.4) is 0 Å². The third-order valence-electron chi connectivity index (χ3n) is 2.40. The van der Waals surface area contributed by atoms with Gasteiger partial charge in [-0.15, -0.1) is 0 Å². The van der Waals surface area contributed by atoms with Gasteiger partial charge < -0.3 is 15.6 Å². The van der Waals surface area contributed by atoms with E-state index in [2.05, 4.69) is 34.4 Å². The van der Waals surface area contributed by atoms with Crippen molar-refractivity contribution >= 4 is 18.0 Å². The van der Waals surface area contributed by atoms with E-state index in [1.165, 1.54) is 11.3 Å². The molecular formula is C10H16N4S. The Hall–Kier alpha value is -0.940. The van der Waals surface area contributed by atoms with E-state index in [4.69, 9.17) is 12.2 Å². The summed E-state index contributed by atoms with van der Waals surface area (Å²) in [4.78, 5) is 7.50. The summed E-state index contributed by atoms with van der Waals surface area (Å²) in [6.45, 7) is 6.07. The molecule has 0 radical (unpaired) electrons. The normalized spacial score (nSPS) is 15.1. The number of hydrogen-bond donors (Lipinski definition) is 3. The van der Waals surface area contributed by atoms with E-state index in [9.17, 15) is 0 Å². The number of aromatic amines is 1. The molecule has 0 bridgehead atoms. The first-order valence-corrected chi connectivity index (χ1v) is 5.67. The van der Waals surface area contributed by atoms with Crippen LogP contribution in [-0.4, -0.2) is 22.6 Å². The number of hydrogen-bond acceptors (Lipinski definition) is 4. The summed E-state index contributed by atoms with van der Waals surface area (Å²) in [6, 6.07) is 0.375. The van der Waals surface area contributed by atoms with Crippen LogP contribution >= 0.6 is 12.2 Å². The molecule has 0 amide bonds.